The Morgan fingerprint density at radius 2 is 2.05 bits per heavy atom. The van der Waals surface area contributed by atoms with Crippen LogP contribution in [0.2, 0.25) is 0 Å². The van der Waals surface area contributed by atoms with E-state index in [1.54, 1.807) is 4.90 Å². The van der Waals surface area contributed by atoms with Crippen LogP contribution in [0.1, 0.15) is 12.5 Å². The molecule has 1 aliphatic rings. The Morgan fingerprint density at radius 3 is 2.62 bits per heavy atom. The minimum absolute atomic E-state index is 0.0579. The maximum atomic E-state index is 13.1. The summed E-state index contributed by atoms with van der Waals surface area (Å²) in [6.07, 6.45) is -4.43. The summed E-state index contributed by atoms with van der Waals surface area (Å²) < 4.78 is 44.6. The number of halogens is 4. The molecule has 1 heterocycles. The van der Waals surface area contributed by atoms with Gasteiger partial charge in [-0.25, -0.2) is 0 Å². The monoisotopic (exact) mass is 365 g/mol. The summed E-state index contributed by atoms with van der Waals surface area (Å²) in [4.78, 5) is 13.3. The van der Waals surface area contributed by atoms with Gasteiger partial charge < -0.3 is 9.64 Å². The van der Waals surface area contributed by atoms with Crippen LogP contribution in [0.15, 0.2) is 22.7 Å². The Kier molecular flexibility index (Phi) is 4.51. The highest BCUT2D eigenvalue weighted by molar-refractivity contribution is 9.10. The van der Waals surface area contributed by atoms with E-state index < -0.39 is 17.7 Å². The molecule has 21 heavy (non-hydrogen) atoms. The molecular formula is C14H15BrF3NO2. The lowest BCUT2D eigenvalue weighted by molar-refractivity contribution is -0.145. The molecule has 0 saturated carbocycles. The van der Waals surface area contributed by atoms with Crippen molar-refractivity contribution in [3.05, 3.63) is 28.2 Å². The van der Waals surface area contributed by atoms with Crippen LogP contribution in [0.3, 0.4) is 0 Å². The maximum Gasteiger partial charge on any atom is 0.418 e. The van der Waals surface area contributed by atoms with Gasteiger partial charge in [0.1, 0.15) is 0 Å². The first kappa shape index (κ1) is 16.1. The van der Waals surface area contributed by atoms with Gasteiger partial charge >= 0.3 is 12.1 Å². The molecule has 0 aliphatic carbocycles. The summed E-state index contributed by atoms with van der Waals surface area (Å²) in [5, 5.41) is 0. The van der Waals surface area contributed by atoms with E-state index in [0.29, 0.717) is 11.0 Å². The summed E-state index contributed by atoms with van der Waals surface area (Å²) in [7, 11) is 1.29. The first-order valence-electron chi connectivity index (χ1n) is 6.43. The predicted octanol–water partition coefficient (Wildman–Crippen LogP) is 3.71. The van der Waals surface area contributed by atoms with Crippen molar-refractivity contribution in [1.82, 2.24) is 0 Å². The number of carbonyl (C=O) groups is 1. The first-order valence-corrected chi connectivity index (χ1v) is 7.23. The van der Waals surface area contributed by atoms with Crippen molar-refractivity contribution in [3.8, 4) is 0 Å². The van der Waals surface area contributed by atoms with Crippen molar-refractivity contribution in [2.45, 2.75) is 13.1 Å². The number of methoxy groups -OCH3 is 1. The lowest BCUT2D eigenvalue weighted by atomic mass is 9.99. The van der Waals surface area contributed by atoms with E-state index in [4.69, 9.17) is 4.74 Å². The molecule has 1 aromatic carbocycles. The summed E-state index contributed by atoms with van der Waals surface area (Å²) in [6.45, 7) is 2.46. The second kappa shape index (κ2) is 5.87. The number of nitrogens with zero attached hydrogens (tertiary/aromatic N) is 1. The van der Waals surface area contributed by atoms with Crippen LogP contribution >= 0.6 is 15.9 Å². The van der Waals surface area contributed by atoms with Crippen molar-refractivity contribution >= 4 is 27.6 Å². The topological polar surface area (TPSA) is 29.5 Å². The smallest absolute Gasteiger partial charge is 0.418 e. The van der Waals surface area contributed by atoms with E-state index in [0.717, 1.165) is 6.07 Å². The number of hydrogen-bond donors (Lipinski definition) is 0. The number of alkyl halides is 3. The van der Waals surface area contributed by atoms with Crippen LogP contribution in [-0.2, 0) is 15.7 Å². The molecule has 0 N–H and O–H groups in total. The van der Waals surface area contributed by atoms with E-state index in [1.807, 2.05) is 6.92 Å². The molecule has 2 unspecified atom stereocenters. The summed E-state index contributed by atoms with van der Waals surface area (Å²) >= 11 is 3.20. The van der Waals surface area contributed by atoms with Gasteiger partial charge in [0, 0.05) is 17.6 Å². The number of anilines is 1. The van der Waals surface area contributed by atoms with Crippen LogP contribution in [-0.4, -0.2) is 26.2 Å². The minimum Gasteiger partial charge on any atom is -0.469 e. The normalized spacial score (nSPS) is 22.5. The Hall–Kier alpha value is -1.24. The molecule has 1 aliphatic heterocycles. The van der Waals surface area contributed by atoms with Gasteiger partial charge in [-0.05, 0) is 24.1 Å². The molecule has 0 bridgehead atoms. The summed E-state index contributed by atoms with van der Waals surface area (Å²) in [6, 6.07) is 3.86. The van der Waals surface area contributed by atoms with Gasteiger partial charge in [0.2, 0.25) is 0 Å². The van der Waals surface area contributed by atoms with Crippen LogP contribution in [0, 0.1) is 11.8 Å². The summed E-state index contributed by atoms with van der Waals surface area (Å²) in [5.74, 6) is -0.846. The fourth-order valence-electron chi connectivity index (χ4n) is 2.63. The van der Waals surface area contributed by atoms with Crippen LogP contribution in [0.4, 0.5) is 18.9 Å². The largest absolute Gasteiger partial charge is 0.469 e. The van der Waals surface area contributed by atoms with Gasteiger partial charge in [-0.3, -0.25) is 4.79 Å². The summed E-state index contributed by atoms with van der Waals surface area (Å²) in [5.41, 5.74) is -0.599. The lowest BCUT2D eigenvalue weighted by Gasteiger charge is -2.23. The average Bonchev–Trinajstić information content (AvgIpc) is 2.78. The molecule has 2 atom stereocenters. The van der Waals surface area contributed by atoms with Gasteiger partial charge in [0.05, 0.1) is 24.3 Å². The zero-order valence-electron chi connectivity index (χ0n) is 11.6. The van der Waals surface area contributed by atoms with Crippen molar-refractivity contribution in [2.75, 3.05) is 25.1 Å². The van der Waals surface area contributed by atoms with Crippen LogP contribution in [0.25, 0.3) is 0 Å². The molecule has 116 valence electrons. The van der Waals surface area contributed by atoms with E-state index in [1.165, 1.54) is 19.2 Å². The Morgan fingerprint density at radius 1 is 1.38 bits per heavy atom. The second-order valence-corrected chi connectivity index (χ2v) is 6.09. The highest BCUT2D eigenvalue weighted by Crippen LogP contribution is 2.40. The molecule has 1 saturated heterocycles. The van der Waals surface area contributed by atoms with Crippen LogP contribution < -0.4 is 4.90 Å². The third-order valence-corrected chi connectivity index (χ3v) is 4.22. The van der Waals surface area contributed by atoms with E-state index in [2.05, 4.69) is 15.9 Å². The molecule has 0 amide bonds. The quantitative estimate of drug-likeness (QED) is 0.748. The average molecular weight is 366 g/mol. The minimum atomic E-state index is -4.43. The molecule has 7 heteroatoms. The Labute approximate surface area is 129 Å². The van der Waals surface area contributed by atoms with Crippen molar-refractivity contribution in [3.63, 3.8) is 0 Å². The maximum absolute atomic E-state index is 13.1. The van der Waals surface area contributed by atoms with Gasteiger partial charge in [-0.15, -0.1) is 0 Å². The number of carbonyl (C=O) groups excluding carboxylic acids is 1. The van der Waals surface area contributed by atoms with E-state index in [-0.39, 0.29) is 24.1 Å². The fourth-order valence-corrected chi connectivity index (χ4v) is 2.98. The third kappa shape index (κ3) is 3.33. The lowest BCUT2D eigenvalue weighted by Crippen LogP contribution is -2.26. The molecule has 1 fully saturated rings. The SMILES string of the molecule is COC(=O)C1CN(c2cc(Br)ccc2C(F)(F)F)CC1C. The molecule has 0 aromatic heterocycles. The van der Waals surface area contributed by atoms with Crippen LogP contribution in [0.5, 0.6) is 0 Å². The van der Waals surface area contributed by atoms with Gasteiger partial charge in [0.15, 0.2) is 0 Å². The Balaban J connectivity index is 2.35. The van der Waals surface area contributed by atoms with Crippen molar-refractivity contribution in [2.24, 2.45) is 11.8 Å². The highest BCUT2D eigenvalue weighted by atomic mass is 79.9. The number of rotatable bonds is 2. The number of esters is 1. The zero-order valence-corrected chi connectivity index (χ0v) is 13.2. The molecule has 3 nitrogen and oxygen atoms in total. The zero-order chi connectivity index (χ0) is 15.8. The van der Waals surface area contributed by atoms with E-state index >= 15 is 0 Å². The number of benzene rings is 1. The second-order valence-electron chi connectivity index (χ2n) is 5.17. The predicted molar refractivity (Wildman–Crippen MR) is 76.0 cm³/mol. The molecule has 0 spiro atoms. The van der Waals surface area contributed by atoms with Gasteiger partial charge in [-0.2, -0.15) is 13.2 Å². The van der Waals surface area contributed by atoms with Gasteiger partial charge in [-0.1, -0.05) is 22.9 Å². The first-order chi connectivity index (χ1) is 9.74. The highest BCUT2D eigenvalue weighted by Gasteiger charge is 2.40. The Bertz CT molecular complexity index is 548. The molecular weight excluding hydrogens is 351 g/mol. The van der Waals surface area contributed by atoms with Gasteiger partial charge in [0.25, 0.3) is 0 Å². The van der Waals surface area contributed by atoms with Crippen molar-refractivity contribution < 1.29 is 22.7 Å². The standard InChI is InChI=1S/C14H15BrF3NO2/c1-8-6-19(7-10(8)13(20)21-2)12-5-9(15)3-4-11(12)14(16,17)18/h3-5,8,10H,6-7H2,1-2H3. The van der Waals surface area contributed by atoms with Crippen molar-refractivity contribution in [1.29, 1.82) is 0 Å². The number of ether oxygens (including phenoxy) is 1. The molecule has 2 rings (SSSR count). The number of hydrogen-bond acceptors (Lipinski definition) is 3. The third-order valence-electron chi connectivity index (χ3n) is 3.72. The van der Waals surface area contributed by atoms with E-state index in [9.17, 15) is 18.0 Å². The molecule has 0 radical (unpaired) electrons. The fraction of sp³-hybridized carbons (Fsp3) is 0.500. The molecule has 1 aromatic rings.